The van der Waals surface area contributed by atoms with Gasteiger partial charge in [0.1, 0.15) is 0 Å². The molecule has 0 radical (unpaired) electrons. The Hall–Kier alpha value is -0.600. The fraction of sp³-hybridized carbons (Fsp3) is 0.286. The Bertz CT molecular complexity index is 439. The van der Waals surface area contributed by atoms with Gasteiger partial charge in [-0.2, -0.15) is 11.3 Å². The van der Waals surface area contributed by atoms with Crippen molar-refractivity contribution in [2.24, 2.45) is 0 Å². The Morgan fingerprint density at radius 3 is 2.44 bits per heavy atom. The lowest BCUT2D eigenvalue weighted by Gasteiger charge is -2.15. The number of hydrogen-bond donors (Lipinski definition) is 0. The highest BCUT2D eigenvalue weighted by atomic mass is 79.9. The molecular weight excluding hydrogens is 280 g/mol. The molecule has 0 fully saturated rings. The van der Waals surface area contributed by atoms with Crippen molar-refractivity contribution in [3.63, 3.8) is 0 Å². The summed E-state index contributed by atoms with van der Waals surface area (Å²) in [6, 6.07) is 8.69. The van der Waals surface area contributed by atoms with E-state index in [1.807, 2.05) is 0 Å². The van der Waals surface area contributed by atoms with Crippen molar-refractivity contribution < 1.29 is 0 Å². The fourth-order valence-corrected chi connectivity index (χ4v) is 3.82. The van der Waals surface area contributed by atoms with Gasteiger partial charge in [-0.1, -0.05) is 34.1 Å². The van der Waals surface area contributed by atoms with Crippen LogP contribution >= 0.6 is 27.3 Å². The van der Waals surface area contributed by atoms with Gasteiger partial charge in [-0.3, -0.25) is 0 Å². The highest BCUT2D eigenvalue weighted by Crippen LogP contribution is 2.32. The second-order valence-electron chi connectivity index (χ2n) is 4.11. The van der Waals surface area contributed by atoms with E-state index in [-0.39, 0.29) is 0 Å². The number of hydrogen-bond acceptors (Lipinski definition) is 1. The Labute approximate surface area is 109 Å². The predicted molar refractivity (Wildman–Crippen MR) is 75.6 cm³/mol. The van der Waals surface area contributed by atoms with Gasteiger partial charge in [0.25, 0.3) is 0 Å². The molecule has 0 spiro atoms. The van der Waals surface area contributed by atoms with Crippen LogP contribution in [0.25, 0.3) is 0 Å². The summed E-state index contributed by atoms with van der Waals surface area (Å²) in [4.78, 5) is 0.420. The van der Waals surface area contributed by atoms with Crippen LogP contribution in [0.4, 0.5) is 0 Å². The van der Waals surface area contributed by atoms with Crippen LogP contribution in [-0.4, -0.2) is 0 Å². The minimum atomic E-state index is 0.420. The second-order valence-corrected chi connectivity index (χ2v) is 5.99. The van der Waals surface area contributed by atoms with Gasteiger partial charge < -0.3 is 0 Å². The first-order valence-corrected chi connectivity index (χ1v) is 7.25. The van der Waals surface area contributed by atoms with Crippen LogP contribution in [0, 0.1) is 13.8 Å². The molecule has 0 bridgehead atoms. The summed E-state index contributed by atoms with van der Waals surface area (Å²) in [5.74, 6) is 0. The third kappa shape index (κ3) is 2.55. The van der Waals surface area contributed by atoms with E-state index < -0.39 is 0 Å². The van der Waals surface area contributed by atoms with Gasteiger partial charge in [0.05, 0.1) is 0 Å². The number of thiophene rings is 1. The molecule has 2 heteroatoms. The summed E-state index contributed by atoms with van der Waals surface area (Å²) < 4.78 is 0. The van der Waals surface area contributed by atoms with Crippen LogP contribution in [-0.2, 0) is 6.42 Å². The van der Waals surface area contributed by atoms with E-state index in [9.17, 15) is 0 Å². The van der Waals surface area contributed by atoms with Gasteiger partial charge in [0, 0.05) is 4.83 Å². The normalized spacial score (nSPS) is 12.7. The predicted octanol–water partition coefficient (Wildman–Crippen LogP) is 5.04. The van der Waals surface area contributed by atoms with E-state index in [0.717, 1.165) is 6.42 Å². The van der Waals surface area contributed by atoms with E-state index >= 15 is 0 Å². The van der Waals surface area contributed by atoms with Crippen LogP contribution in [0.2, 0.25) is 0 Å². The smallest absolute Gasteiger partial charge is 0.0441 e. The van der Waals surface area contributed by atoms with E-state index in [0.29, 0.717) is 4.83 Å². The van der Waals surface area contributed by atoms with Gasteiger partial charge in [-0.05, 0) is 59.3 Å². The number of benzene rings is 1. The highest BCUT2D eigenvalue weighted by Gasteiger charge is 2.13. The van der Waals surface area contributed by atoms with Crippen molar-refractivity contribution in [2.45, 2.75) is 25.1 Å². The van der Waals surface area contributed by atoms with Gasteiger partial charge in [-0.15, -0.1) is 0 Å². The molecule has 1 aromatic carbocycles. The van der Waals surface area contributed by atoms with Gasteiger partial charge in [0.15, 0.2) is 0 Å². The third-order valence-electron chi connectivity index (χ3n) is 2.85. The van der Waals surface area contributed by atoms with Crippen LogP contribution in [0.5, 0.6) is 0 Å². The molecule has 0 aliphatic heterocycles. The zero-order chi connectivity index (χ0) is 11.5. The average molecular weight is 295 g/mol. The molecule has 0 nitrogen and oxygen atoms in total. The molecule has 0 aliphatic carbocycles. The maximum absolute atomic E-state index is 3.81. The van der Waals surface area contributed by atoms with Gasteiger partial charge >= 0.3 is 0 Å². The maximum atomic E-state index is 3.81. The fourth-order valence-electron chi connectivity index (χ4n) is 2.04. The van der Waals surface area contributed by atoms with Crippen molar-refractivity contribution in [3.05, 3.63) is 57.3 Å². The summed E-state index contributed by atoms with van der Waals surface area (Å²) in [5.41, 5.74) is 5.59. The average Bonchev–Trinajstić information content (AvgIpc) is 2.70. The molecule has 0 N–H and O–H groups in total. The number of halogens is 1. The zero-order valence-electron chi connectivity index (χ0n) is 9.53. The van der Waals surface area contributed by atoms with Crippen LogP contribution in [0.1, 0.15) is 27.1 Å². The molecule has 84 valence electrons. The molecule has 0 amide bonds. The molecule has 2 rings (SSSR count). The number of alkyl halides is 1. The quantitative estimate of drug-likeness (QED) is 0.696. The summed E-state index contributed by atoms with van der Waals surface area (Å²) in [7, 11) is 0. The van der Waals surface area contributed by atoms with Crippen molar-refractivity contribution >= 4 is 27.3 Å². The Morgan fingerprint density at radius 2 is 1.88 bits per heavy atom. The van der Waals surface area contributed by atoms with Crippen molar-refractivity contribution in [1.82, 2.24) is 0 Å². The lowest BCUT2D eigenvalue weighted by molar-refractivity contribution is 0.931. The molecule has 1 heterocycles. The third-order valence-corrected chi connectivity index (χ3v) is 4.36. The Kier molecular flexibility index (Phi) is 3.82. The summed E-state index contributed by atoms with van der Waals surface area (Å²) in [6.07, 6.45) is 1.06. The summed E-state index contributed by atoms with van der Waals surface area (Å²) >= 11 is 5.58. The Morgan fingerprint density at radius 1 is 1.19 bits per heavy atom. The first-order valence-electron chi connectivity index (χ1n) is 5.39. The number of rotatable bonds is 3. The molecule has 2 aromatic rings. The first kappa shape index (κ1) is 11.9. The van der Waals surface area contributed by atoms with Gasteiger partial charge in [-0.25, -0.2) is 0 Å². The Balaban J connectivity index is 2.24. The molecule has 0 aliphatic rings. The molecule has 1 unspecified atom stereocenters. The monoisotopic (exact) mass is 294 g/mol. The van der Waals surface area contributed by atoms with E-state index in [2.05, 4.69) is 64.8 Å². The lowest BCUT2D eigenvalue weighted by atomic mass is 9.97. The number of aryl methyl sites for hydroxylation is 2. The maximum Gasteiger partial charge on any atom is 0.0441 e. The summed E-state index contributed by atoms with van der Waals surface area (Å²) in [6.45, 7) is 4.37. The minimum absolute atomic E-state index is 0.420. The topological polar surface area (TPSA) is 0 Å². The largest absolute Gasteiger partial charge is 0.152 e. The summed E-state index contributed by atoms with van der Waals surface area (Å²) in [5, 5.41) is 4.36. The first-order chi connectivity index (χ1) is 7.68. The van der Waals surface area contributed by atoms with Crippen molar-refractivity contribution in [2.75, 3.05) is 0 Å². The van der Waals surface area contributed by atoms with Crippen LogP contribution < -0.4 is 0 Å². The van der Waals surface area contributed by atoms with Crippen molar-refractivity contribution in [3.8, 4) is 0 Å². The highest BCUT2D eigenvalue weighted by molar-refractivity contribution is 9.09. The molecule has 0 saturated heterocycles. The van der Waals surface area contributed by atoms with Crippen LogP contribution in [0.3, 0.4) is 0 Å². The minimum Gasteiger partial charge on any atom is -0.152 e. The molecule has 16 heavy (non-hydrogen) atoms. The molecule has 1 aromatic heterocycles. The lowest BCUT2D eigenvalue weighted by Crippen LogP contribution is -1.99. The molecule has 1 atom stereocenters. The SMILES string of the molecule is Cc1cccc(C)c1C(Br)Cc1ccsc1. The van der Waals surface area contributed by atoms with E-state index in [4.69, 9.17) is 0 Å². The molecule has 0 saturated carbocycles. The standard InChI is InChI=1S/C14H15BrS/c1-10-4-3-5-11(2)14(10)13(15)8-12-6-7-16-9-12/h3-7,9,13H,8H2,1-2H3. The van der Waals surface area contributed by atoms with E-state index in [1.165, 1.54) is 22.3 Å². The zero-order valence-corrected chi connectivity index (χ0v) is 11.9. The van der Waals surface area contributed by atoms with E-state index in [1.54, 1.807) is 11.3 Å². The van der Waals surface area contributed by atoms with Gasteiger partial charge in [0.2, 0.25) is 0 Å². The van der Waals surface area contributed by atoms with Crippen LogP contribution in [0.15, 0.2) is 35.0 Å². The van der Waals surface area contributed by atoms with Crippen molar-refractivity contribution in [1.29, 1.82) is 0 Å². The second kappa shape index (κ2) is 5.15. The molecular formula is C14H15BrS.